The van der Waals surface area contributed by atoms with Crippen molar-refractivity contribution in [1.29, 1.82) is 0 Å². The number of benzene rings is 1. The molecule has 1 unspecified atom stereocenters. The Morgan fingerprint density at radius 2 is 2.27 bits per heavy atom. The molecule has 15 heavy (non-hydrogen) atoms. The van der Waals surface area contributed by atoms with Crippen LogP contribution >= 0.6 is 0 Å². The van der Waals surface area contributed by atoms with Crippen molar-refractivity contribution in [2.24, 2.45) is 0 Å². The molecule has 1 aliphatic heterocycles. The standard InChI is InChI=1S/C11H14N2O2/c1-12-11(14)13-9-6-8-4-2-3-5-10(8)15-7-9/h2-5,9H,6-7H2,1H3,(H2,12,13,14). The first-order valence-corrected chi connectivity index (χ1v) is 4.98. The van der Waals surface area contributed by atoms with Crippen LogP contribution in [0.3, 0.4) is 0 Å². The fourth-order valence-corrected chi connectivity index (χ4v) is 1.68. The van der Waals surface area contributed by atoms with E-state index in [-0.39, 0.29) is 12.1 Å². The highest BCUT2D eigenvalue weighted by atomic mass is 16.5. The zero-order chi connectivity index (χ0) is 10.7. The van der Waals surface area contributed by atoms with Crippen LogP contribution < -0.4 is 15.4 Å². The molecule has 4 heteroatoms. The zero-order valence-electron chi connectivity index (χ0n) is 8.62. The lowest BCUT2D eigenvalue weighted by Crippen LogP contribution is -2.46. The lowest BCUT2D eigenvalue weighted by molar-refractivity contribution is 0.216. The Kier molecular flexibility index (Phi) is 2.76. The van der Waals surface area contributed by atoms with Gasteiger partial charge in [-0.05, 0) is 18.1 Å². The highest BCUT2D eigenvalue weighted by Gasteiger charge is 2.20. The van der Waals surface area contributed by atoms with E-state index in [1.54, 1.807) is 7.05 Å². The predicted molar refractivity (Wildman–Crippen MR) is 57.0 cm³/mol. The third-order valence-corrected chi connectivity index (χ3v) is 2.44. The van der Waals surface area contributed by atoms with E-state index in [9.17, 15) is 4.79 Å². The van der Waals surface area contributed by atoms with E-state index in [1.807, 2.05) is 24.3 Å². The summed E-state index contributed by atoms with van der Waals surface area (Å²) in [5.41, 5.74) is 1.14. The average Bonchev–Trinajstić information content (AvgIpc) is 2.29. The maximum atomic E-state index is 11.1. The third kappa shape index (κ3) is 2.21. The Morgan fingerprint density at radius 1 is 1.47 bits per heavy atom. The van der Waals surface area contributed by atoms with Gasteiger partial charge in [0.2, 0.25) is 0 Å². The molecule has 1 aromatic carbocycles. The number of urea groups is 1. The number of carbonyl (C=O) groups excluding carboxylic acids is 1. The number of ether oxygens (including phenoxy) is 1. The number of fused-ring (bicyclic) bond motifs is 1. The molecular formula is C11H14N2O2. The summed E-state index contributed by atoms with van der Waals surface area (Å²) >= 11 is 0. The molecule has 0 aliphatic carbocycles. The van der Waals surface area contributed by atoms with Gasteiger partial charge in [0.15, 0.2) is 0 Å². The van der Waals surface area contributed by atoms with Gasteiger partial charge in [-0.25, -0.2) is 4.79 Å². The summed E-state index contributed by atoms with van der Waals surface area (Å²) < 4.78 is 5.54. The monoisotopic (exact) mass is 206 g/mol. The van der Waals surface area contributed by atoms with Gasteiger partial charge < -0.3 is 15.4 Å². The molecule has 1 heterocycles. The Labute approximate surface area is 88.6 Å². The molecule has 0 saturated carbocycles. The highest BCUT2D eigenvalue weighted by Crippen LogP contribution is 2.23. The number of para-hydroxylation sites is 1. The van der Waals surface area contributed by atoms with Gasteiger partial charge in [-0.15, -0.1) is 0 Å². The predicted octanol–water partition coefficient (Wildman–Crippen LogP) is 0.919. The van der Waals surface area contributed by atoms with Gasteiger partial charge in [0.25, 0.3) is 0 Å². The lowest BCUT2D eigenvalue weighted by Gasteiger charge is -2.25. The van der Waals surface area contributed by atoms with E-state index in [1.165, 1.54) is 0 Å². The van der Waals surface area contributed by atoms with E-state index >= 15 is 0 Å². The molecule has 0 radical (unpaired) electrons. The van der Waals surface area contributed by atoms with Crippen LogP contribution in [-0.4, -0.2) is 25.7 Å². The third-order valence-electron chi connectivity index (χ3n) is 2.44. The summed E-state index contributed by atoms with van der Waals surface area (Å²) in [6.07, 6.45) is 0.823. The van der Waals surface area contributed by atoms with Crippen LogP contribution in [0, 0.1) is 0 Å². The van der Waals surface area contributed by atoms with Gasteiger partial charge in [0.1, 0.15) is 12.4 Å². The summed E-state index contributed by atoms with van der Waals surface area (Å²) in [5.74, 6) is 0.924. The average molecular weight is 206 g/mol. The molecule has 2 N–H and O–H groups in total. The number of nitrogens with one attached hydrogen (secondary N) is 2. The summed E-state index contributed by atoms with van der Waals surface area (Å²) in [4.78, 5) is 11.1. The molecule has 0 spiro atoms. The lowest BCUT2D eigenvalue weighted by atomic mass is 10.0. The van der Waals surface area contributed by atoms with Gasteiger partial charge in [-0.3, -0.25) is 0 Å². The minimum atomic E-state index is -0.164. The summed E-state index contributed by atoms with van der Waals surface area (Å²) in [6.45, 7) is 0.532. The maximum absolute atomic E-state index is 11.1. The minimum absolute atomic E-state index is 0.0554. The van der Waals surface area contributed by atoms with Gasteiger partial charge >= 0.3 is 6.03 Å². The minimum Gasteiger partial charge on any atom is -0.491 e. The molecule has 0 saturated heterocycles. The molecule has 4 nitrogen and oxygen atoms in total. The van der Waals surface area contributed by atoms with Gasteiger partial charge in [0, 0.05) is 7.05 Å². The molecule has 0 bridgehead atoms. The van der Waals surface area contributed by atoms with Crippen LogP contribution in [0.1, 0.15) is 5.56 Å². The zero-order valence-corrected chi connectivity index (χ0v) is 8.62. The van der Waals surface area contributed by atoms with Crippen molar-refractivity contribution < 1.29 is 9.53 Å². The van der Waals surface area contributed by atoms with Crippen molar-refractivity contribution in [2.45, 2.75) is 12.5 Å². The van der Waals surface area contributed by atoms with Crippen LogP contribution in [0.2, 0.25) is 0 Å². The number of amides is 2. The topological polar surface area (TPSA) is 50.4 Å². The summed E-state index contributed by atoms with van der Waals surface area (Å²) in [6, 6.07) is 7.79. The molecular weight excluding hydrogens is 192 g/mol. The Hall–Kier alpha value is -1.71. The second-order valence-corrected chi connectivity index (χ2v) is 3.54. The number of rotatable bonds is 1. The van der Waals surface area contributed by atoms with E-state index in [4.69, 9.17) is 4.74 Å². The quantitative estimate of drug-likeness (QED) is 0.717. The van der Waals surface area contributed by atoms with E-state index < -0.39 is 0 Å². The highest BCUT2D eigenvalue weighted by molar-refractivity contribution is 5.73. The second-order valence-electron chi connectivity index (χ2n) is 3.54. The van der Waals surface area contributed by atoms with Crippen LogP contribution in [0.5, 0.6) is 5.75 Å². The molecule has 0 fully saturated rings. The summed E-state index contributed by atoms with van der Waals surface area (Å²) in [5, 5.41) is 5.36. The van der Waals surface area contributed by atoms with Crippen LogP contribution in [-0.2, 0) is 6.42 Å². The fourth-order valence-electron chi connectivity index (χ4n) is 1.68. The van der Waals surface area contributed by atoms with Crippen LogP contribution in [0.25, 0.3) is 0 Å². The molecule has 80 valence electrons. The van der Waals surface area contributed by atoms with Gasteiger partial charge in [0.05, 0.1) is 6.04 Å². The van der Waals surface area contributed by atoms with Gasteiger partial charge in [-0.1, -0.05) is 18.2 Å². The number of hydrogen-bond acceptors (Lipinski definition) is 2. The first-order valence-electron chi connectivity index (χ1n) is 4.98. The van der Waals surface area contributed by atoms with Crippen molar-refractivity contribution in [3.05, 3.63) is 29.8 Å². The SMILES string of the molecule is CNC(=O)NC1COc2ccccc2C1. The fraction of sp³-hybridized carbons (Fsp3) is 0.364. The Bertz CT molecular complexity index is 365. The molecule has 2 rings (SSSR count). The van der Waals surface area contributed by atoms with Crippen molar-refractivity contribution in [1.82, 2.24) is 10.6 Å². The number of hydrogen-bond donors (Lipinski definition) is 2. The molecule has 2 amide bonds. The van der Waals surface area contributed by atoms with E-state index in [0.29, 0.717) is 6.61 Å². The van der Waals surface area contributed by atoms with Crippen molar-refractivity contribution >= 4 is 6.03 Å². The van der Waals surface area contributed by atoms with Crippen LogP contribution in [0.4, 0.5) is 4.79 Å². The first kappa shape index (κ1) is 9.83. The molecule has 0 aromatic heterocycles. The molecule has 1 atom stereocenters. The smallest absolute Gasteiger partial charge is 0.314 e. The van der Waals surface area contributed by atoms with E-state index in [0.717, 1.165) is 17.7 Å². The van der Waals surface area contributed by atoms with Crippen LogP contribution in [0.15, 0.2) is 24.3 Å². The Balaban J connectivity index is 2.02. The van der Waals surface area contributed by atoms with E-state index in [2.05, 4.69) is 10.6 Å². The maximum Gasteiger partial charge on any atom is 0.314 e. The van der Waals surface area contributed by atoms with Crippen molar-refractivity contribution in [2.75, 3.05) is 13.7 Å². The largest absolute Gasteiger partial charge is 0.491 e. The molecule has 1 aliphatic rings. The van der Waals surface area contributed by atoms with Crippen molar-refractivity contribution in [3.8, 4) is 5.75 Å². The normalized spacial score (nSPS) is 18.6. The summed E-state index contributed by atoms with van der Waals surface area (Å²) in [7, 11) is 1.60. The molecule has 1 aromatic rings. The second kappa shape index (κ2) is 4.21. The Morgan fingerprint density at radius 3 is 3.07 bits per heavy atom. The van der Waals surface area contributed by atoms with Crippen molar-refractivity contribution in [3.63, 3.8) is 0 Å². The van der Waals surface area contributed by atoms with Gasteiger partial charge in [-0.2, -0.15) is 0 Å². The number of carbonyl (C=O) groups is 1. The first-order chi connectivity index (χ1) is 7.29.